The SMILES string of the molecule is COc1ccc(C(O)c2cc(F)c(F)c(F)c2)cc1OC. The van der Waals surface area contributed by atoms with Gasteiger partial charge in [0.2, 0.25) is 0 Å². The number of hydrogen-bond donors (Lipinski definition) is 1. The van der Waals surface area contributed by atoms with Gasteiger partial charge in [0.25, 0.3) is 0 Å². The Morgan fingerprint density at radius 1 is 0.857 bits per heavy atom. The number of aliphatic hydroxyl groups excluding tert-OH is 1. The fourth-order valence-corrected chi connectivity index (χ4v) is 1.95. The van der Waals surface area contributed by atoms with Gasteiger partial charge in [0.15, 0.2) is 29.0 Å². The molecule has 0 aromatic heterocycles. The molecule has 0 fully saturated rings. The second-order valence-corrected chi connectivity index (χ2v) is 4.32. The maximum Gasteiger partial charge on any atom is 0.194 e. The topological polar surface area (TPSA) is 38.7 Å². The van der Waals surface area contributed by atoms with E-state index in [0.29, 0.717) is 17.1 Å². The van der Waals surface area contributed by atoms with Crippen LogP contribution < -0.4 is 9.47 Å². The lowest BCUT2D eigenvalue weighted by molar-refractivity contribution is 0.218. The molecule has 112 valence electrons. The standard InChI is InChI=1S/C15H13F3O3/c1-20-12-4-3-8(7-13(12)21-2)15(19)9-5-10(16)14(18)11(17)6-9/h3-7,15,19H,1-2H3. The first kappa shape index (κ1) is 15.2. The third-order valence-corrected chi connectivity index (χ3v) is 3.05. The van der Waals surface area contributed by atoms with E-state index in [9.17, 15) is 18.3 Å². The van der Waals surface area contributed by atoms with Crippen LogP contribution in [0.4, 0.5) is 13.2 Å². The molecule has 1 atom stereocenters. The van der Waals surface area contributed by atoms with E-state index < -0.39 is 23.6 Å². The summed E-state index contributed by atoms with van der Waals surface area (Å²) in [7, 11) is 2.88. The van der Waals surface area contributed by atoms with Gasteiger partial charge in [0, 0.05) is 0 Å². The van der Waals surface area contributed by atoms with Crippen LogP contribution in [0.2, 0.25) is 0 Å². The van der Waals surface area contributed by atoms with Gasteiger partial charge in [-0.05, 0) is 35.4 Å². The number of hydrogen-bond acceptors (Lipinski definition) is 3. The van der Waals surface area contributed by atoms with Crippen LogP contribution in [-0.2, 0) is 0 Å². The number of rotatable bonds is 4. The molecular weight excluding hydrogens is 285 g/mol. The molecule has 0 spiro atoms. The average Bonchev–Trinajstić information content (AvgIpc) is 2.50. The molecule has 0 heterocycles. The van der Waals surface area contributed by atoms with E-state index in [1.807, 2.05) is 0 Å². The summed E-state index contributed by atoms with van der Waals surface area (Å²) in [6.45, 7) is 0. The van der Waals surface area contributed by atoms with Crippen LogP contribution in [0.1, 0.15) is 17.2 Å². The fourth-order valence-electron chi connectivity index (χ4n) is 1.95. The van der Waals surface area contributed by atoms with Gasteiger partial charge in [-0.25, -0.2) is 13.2 Å². The van der Waals surface area contributed by atoms with E-state index in [0.717, 1.165) is 12.1 Å². The Kier molecular flexibility index (Phi) is 4.37. The number of ether oxygens (including phenoxy) is 2. The number of methoxy groups -OCH3 is 2. The van der Waals surface area contributed by atoms with Gasteiger partial charge >= 0.3 is 0 Å². The molecule has 2 rings (SSSR count). The molecule has 0 amide bonds. The predicted octanol–water partition coefficient (Wildman–Crippen LogP) is 3.20. The molecule has 1 unspecified atom stereocenters. The van der Waals surface area contributed by atoms with Crippen LogP contribution in [-0.4, -0.2) is 19.3 Å². The number of halogens is 3. The maximum atomic E-state index is 13.2. The van der Waals surface area contributed by atoms with Crippen molar-refractivity contribution < 1.29 is 27.8 Å². The van der Waals surface area contributed by atoms with E-state index in [2.05, 4.69) is 0 Å². The predicted molar refractivity (Wildman–Crippen MR) is 69.9 cm³/mol. The average molecular weight is 298 g/mol. The summed E-state index contributed by atoms with van der Waals surface area (Å²) < 4.78 is 49.5. The summed E-state index contributed by atoms with van der Waals surface area (Å²) in [6.07, 6.45) is -1.32. The Labute approximate surface area is 119 Å². The van der Waals surface area contributed by atoms with Gasteiger partial charge in [-0.15, -0.1) is 0 Å². The number of benzene rings is 2. The highest BCUT2D eigenvalue weighted by Crippen LogP contribution is 2.32. The van der Waals surface area contributed by atoms with Crippen molar-refractivity contribution in [1.29, 1.82) is 0 Å². The monoisotopic (exact) mass is 298 g/mol. The molecule has 0 radical (unpaired) electrons. The van der Waals surface area contributed by atoms with Crippen LogP contribution in [0.25, 0.3) is 0 Å². The smallest absolute Gasteiger partial charge is 0.194 e. The van der Waals surface area contributed by atoms with Crippen molar-refractivity contribution in [2.45, 2.75) is 6.10 Å². The van der Waals surface area contributed by atoms with Gasteiger partial charge in [-0.3, -0.25) is 0 Å². The second-order valence-electron chi connectivity index (χ2n) is 4.32. The van der Waals surface area contributed by atoms with E-state index >= 15 is 0 Å². The van der Waals surface area contributed by atoms with E-state index in [-0.39, 0.29) is 5.56 Å². The van der Waals surface area contributed by atoms with Crippen LogP contribution in [0, 0.1) is 17.5 Å². The van der Waals surface area contributed by atoms with Gasteiger partial charge in [-0.1, -0.05) is 6.07 Å². The molecule has 0 saturated carbocycles. The largest absolute Gasteiger partial charge is 0.493 e. The molecule has 0 aliphatic heterocycles. The summed E-state index contributed by atoms with van der Waals surface area (Å²) in [5.41, 5.74) is 0.233. The second kappa shape index (κ2) is 6.05. The van der Waals surface area contributed by atoms with Crippen molar-refractivity contribution in [2.24, 2.45) is 0 Å². The molecule has 0 aliphatic rings. The highest BCUT2D eigenvalue weighted by Gasteiger charge is 2.18. The summed E-state index contributed by atoms with van der Waals surface area (Å²) in [6, 6.07) is 6.04. The molecule has 2 aromatic carbocycles. The highest BCUT2D eigenvalue weighted by atomic mass is 19.2. The Morgan fingerprint density at radius 2 is 1.43 bits per heavy atom. The molecule has 0 bridgehead atoms. The first-order valence-electron chi connectivity index (χ1n) is 6.02. The summed E-state index contributed by atoms with van der Waals surface area (Å²) in [5.74, 6) is -3.48. The lowest BCUT2D eigenvalue weighted by Crippen LogP contribution is -2.04. The van der Waals surface area contributed by atoms with Gasteiger partial charge < -0.3 is 14.6 Å². The zero-order valence-corrected chi connectivity index (χ0v) is 11.4. The third-order valence-electron chi connectivity index (χ3n) is 3.05. The van der Waals surface area contributed by atoms with Crippen molar-refractivity contribution in [3.63, 3.8) is 0 Å². The normalized spacial score (nSPS) is 12.1. The van der Waals surface area contributed by atoms with Gasteiger partial charge in [0.1, 0.15) is 6.10 Å². The first-order chi connectivity index (χ1) is 9.97. The quantitative estimate of drug-likeness (QED) is 0.881. The summed E-state index contributed by atoms with van der Waals surface area (Å²) in [5, 5.41) is 10.2. The van der Waals surface area contributed by atoms with Crippen LogP contribution in [0.3, 0.4) is 0 Å². The summed E-state index contributed by atoms with van der Waals surface area (Å²) in [4.78, 5) is 0. The molecule has 2 aromatic rings. The van der Waals surface area contributed by atoms with Crippen LogP contribution in [0.15, 0.2) is 30.3 Å². The van der Waals surface area contributed by atoms with Crippen molar-refractivity contribution >= 4 is 0 Å². The molecule has 21 heavy (non-hydrogen) atoms. The molecule has 3 nitrogen and oxygen atoms in total. The van der Waals surface area contributed by atoms with E-state index in [4.69, 9.17) is 9.47 Å². The van der Waals surface area contributed by atoms with Crippen LogP contribution in [0.5, 0.6) is 11.5 Å². The Hall–Kier alpha value is -2.21. The molecular formula is C15H13F3O3. The van der Waals surface area contributed by atoms with Crippen LogP contribution >= 0.6 is 0 Å². The van der Waals surface area contributed by atoms with Gasteiger partial charge in [0.05, 0.1) is 14.2 Å². The van der Waals surface area contributed by atoms with E-state index in [1.54, 1.807) is 6.07 Å². The zero-order chi connectivity index (χ0) is 15.6. The minimum atomic E-state index is -1.57. The van der Waals surface area contributed by atoms with Crippen molar-refractivity contribution in [3.05, 3.63) is 58.9 Å². The zero-order valence-electron chi connectivity index (χ0n) is 11.4. The van der Waals surface area contributed by atoms with Crippen molar-refractivity contribution in [1.82, 2.24) is 0 Å². The highest BCUT2D eigenvalue weighted by molar-refractivity contribution is 5.45. The minimum absolute atomic E-state index is 0.0985. The van der Waals surface area contributed by atoms with E-state index in [1.165, 1.54) is 26.4 Å². The Bertz CT molecular complexity index is 636. The summed E-state index contributed by atoms with van der Waals surface area (Å²) >= 11 is 0. The molecule has 6 heteroatoms. The Balaban J connectivity index is 2.42. The lowest BCUT2D eigenvalue weighted by Gasteiger charge is -2.15. The Morgan fingerprint density at radius 3 is 1.95 bits per heavy atom. The van der Waals surface area contributed by atoms with Crippen molar-refractivity contribution in [3.8, 4) is 11.5 Å². The lowest BCUT2D eigenvalue weighted by atomic mass is 10.0. The van der Waals surface area contributed by atoms with Crippen molar-refractivity contribution in [2.75, 3.05) is 14.2 Å². The molecule has 0 saturated heterocycles. The minimum Gasteiger partial charge on any atom is -0.493 e. The number of aliphatic hydroxyl groups is 1. The third kappa shape index (κ3) is 2.95. The molecule has 0 aliphatic carbocycles. The maximum absolute atomic E-state index is 13.2. The first-order valence-corrected chi connectivity index (χ1v) is 6.02. The molecule has 1 N–H and O–H groups in total. The van der Waals surface area contributed by atoms with Gasteiger partial charge in [-0.2, -0.15) is 0 Å². The fraction of sp³-hybridized carbons (Fsp3) is 0.200.